The van der Waals surface area contributed by atoms with Crippen LogP contribution in [0.25, 0.3) is 0 Å². The van der Waals surface area contributed by atoms with E-state index in [-0.39, 0.29) is 13.2 Å². The highest BCUT2D eigenvalue weighted by atomic mass is 32.3. The summed E-state index contributed by atoms with van der Waals surface area (Å²) in [6, 6.07) is 0. The maximum atomic E-state index is 11.0. The molecule has 0 amide bonds. The summed E-state index contributed by atoms with van der Waals surface area (Å²) in [7, 11) is -3.19. The van der Waals surface area contributed by atoms with Crippen LogP contribution in [0.1, 0.15) is 90.9 Å². The van der Waals surface area contributed by atoms with Crippen LogP contribution in [0.2, 0.25) is 0 Å². The van der Waals surface area contributed by atoms with Crippen molar-refractivity contribution < 1.29 is 31.4 Å². The number of unbranched alkanes of at least 4 members (excludes halogenated alkanes) is 8. The van der Waals surface area contributed by atoms with E-state index in [4.69, 9.17) is 14.2 Å². The summed E-state index contributed by atoms with van der Waals surface area (Å²) in [5.41, 5.74) is -0.641. The summed E-state index contributed by atoms with van der Waals surface area (Å²) in [5, 5.41) is 0. The molecule has 1 atom stereocenters. The van der Waals surface area contributed by atoms with E-state index >= 15 is 0 Å². The van der Waals surface area contributed by atoms with E-state index in [9.17, 15) is 13.0 Å². The second-order valence-corrected chi connectivity index (χ2v) is 9.25. The molecule has 8 heteroatoms. The molecule has 0 radical (unpaired) electrons. The Hall–Kier alpha value is -0.250. The number of ether oxygens (including phenoxy) is 3. The summed E-state index contributed by atoms with van der Waals surface area (Å²) in [6.45, 7) is 6.87. The first-order valence-corrected chi connectivity index (χ1v) is 13.0. The van der Waals surface area contributed by atoms with E-state index in [1.807, 2.05) is 0 Å². The minimum atomic E-state index is -4.75. The lowest BCUT2D eigenvalue weighted by atomic mass is 9.85. The van der Waals surface area contributed by atoms with Gasteiger partial charge >= 0.3 is 0 Å². The standard InChI is InChI=1S/C22H46O7S/c1-4-6-8-9-10-13-18-28-20-22(19-26-3,21-29-30(23,24)25)15-12-11-14-17-27-16-7-5-2/h4-21H2,1-3H3,(H,23,24,25)/p-1/t22-/m1/s1. The van der Waals surface area contributed by atoms with Crippen molar-refractivity contribution in [2.45, 2.75) is 90.9 Å². The van der Waals surface area contributed by atoms with Crippen molar-refractivity contribution in [2.24, 2.45) is 5.41 Å². The van der Waals surface area contributed by atoms with Crippen molar-refractivity contribution in [3.8, 4) is 0 Å². The largest absolute Gasteiger partial charge is 0.726 e. The van der Waals surface area contributed by atoms with Gasteiger partial charge in [0, 0.05) is 32.3 Å². The molecule has 0 unspecified atom stereocenters. The van der Waals surface area contributed by atoms with Crippen LogP contribution in [0, 0.1) is 5.41 Å². The van der Waals surface area contributed by atoms with E-state index in [0.29, 0.717) is 19.6 Å². The molecule has 0 fully saturated rings. The number of hydrogen-bond acceptors (Lipinski definition) is 7. The van der Waals surface area contributed by atoms with Crippen molar-refractivity contribution in [3.63, 3.8) is 0 Å². The van der Waals surface area contributed by atoms with Gasteiger partial charge in [-0.05, 0) is 25.7 Å². The number of rotatable bonds is 23. The van der Waals surface area contributed by atoms with E-state index in [1.54, 1.807) is 7.11 Å². The third kappa shape index (κ3) is 18.5. The van der Waals surface area contributed by atoms with E-state index < -0.39 is 15.8 Å². The van der Waals surface area contributed by atoms with E-state index in [2.05, 4.69) is 18.0 Å². The predicted molar refractivity (Wildman–Crippen MR) is 118 cm³/mol. The molecule has 0 rings (SSSR count). The first-order valence-electron chi connectivity index (χ1n) is 11.6. The monoisotopic (exact) mass is 453 g/mol. The zero-order chi connectivity index (χ0) is 22.6. The smallest absolute Gasteiger partial charge is 0.217 e. The van der Waals surface area contributed by atoms with Gasteiger partial charge in [-0.25, -0.2) is 8.42 Å². The molecule has 30 heavy (non-hydrogen) atoms. The van der Waals surface area contributed by atoms with Crippen LogP contribution in [0.5, 0.6) is 0 Å². The van der Waals surface area contributed by atoms with Gasteiger partial charge in [0.25, 0.3) is 0 Å². The molecule has 0 aliphatic carbocycles. The van der Waals surface area contributed by atoms with Crippen LogP contribution in [0.3, 0.4) is 0 Å². The maximum absolute atomic E-state index is 11.0. The molecular weight excluding hydrogens is 408 g/mol. The Morgan fingerprint density at radius 3 is 1.90 bits per heavy atom. The van der Waals surface area contributed by atoms with Crippen LogP contribution < -0.4 is 0 Å². The van der Waals surface area contributed by atoms with E-state index in [0.717, 1.165) is 58.2 Å². The van der Waals surface area contributed by atoms with Gasteiger partial charge in [0.15, 0.2) is 0 Å². The maximum Gasteiger partial charge on any atom is 0.217 e. The second-order valence-electron chi connectivity index (χ2n) is 8.20. The minimum absolute atomic E-state index is 0.212. The molecule has 0 aromatic heterocycles. The molecule has 0 aliphatic heterocycles. The molecule has 0 aromatic rings. The zero-order valence-corrected chi connectivity index (χ0v) is 20.3. The summed E-state index contributed by atoms with van der Waals surface area (Å²) in [4.78, 5) is 0. The van der Waals surface area contributed by atoms with Gasteiger partial charge < -0.3 is 18.8 Å². The van der Waals surface area contributed by atoms with Crippen molar-refractivity contribution in [1.29, 1.82) is 0 Å². The molecule has 0 spiro atoms. The summed E-state index contributed by atoms with van der Waals surface area (Å²) < 4.78 is 54.4. The van der Waals surface area contributed by atoms with Crippen LogP contribution in [0.15, 0.2) is 0 Å². The second kappa shape index (κ2) is 19.4. The van der Waals surface area contributed by atoms with Gasteiger partial charge in [0.2, 0.25) is 10.4 Å². The summed E-state index contributed by atoms with van der Waals surface area (Å²) >= 11 is 0. The Morgan fingerprint density at radius 2 is 1.27 bits per heavy atom. The SMILES string of the molecule is CCCCCCCCOC[C@@](CCCCCOCCCC)(COC)COS(=O)(=O)[O-]. The molecule has 0 aromatic carbocycles. The van der Waals surface area contributed by atoms with Crippen molar-refractivity contribution >= 4 is 10.4 Å². The molecule has 182 valence electrons. The average Bonchev–Trinajstić information content (AvgIpc) is 2.70. The first-order chi connectivity index (χ1) is 14.4. The zero-order valence-electron chi connectivity index (χ0n) is 19.5. The van der Waals surface area contributed by atoms with Crippen LogP contribution in [-0.4, -0.2) is 59.7 Å². The van der Waals surface area contributed by atoms with Crippen molar-refractivity contribution in [2.75, 3.05) is 46.8 Å². The van der Waals surface area contributed by atoms with Crippen molar-refractivity contribution in [3.05, 3.63) is 0 Å². The topological polar surface area (TPSA) is 94.1 Å². The molecule has 7 nitrogen and oxygen atoms in total. The molecule has 0 saturated carbocycles. The van der Waals surface area contributed by atoms with Crippen molar-refractivity contribution in [1.82, 2.24) is 0 Å². The average molecular weight is 454 g/mol. The van der Waals surface area contributed by atoms with E-state index in [1.165, 1.54) is 25.7 Å². The molecule has 0 bridgehead atoms. The molecule has 0 N–H and O–H groups in total. The summed E-state index contributed by atoms with van der Waals surface area (Å²) in [5.74, 6) is 0. The minimum Gasteiger partial charge on any atom is -0.726 e. The quantitative estimate of drug-likeness (QED) is 0.124. The van der Waals surface area contributed by atoms with Gasteiger partial charge in [-0.3, -0.25) is 4.18 Å². The Kier molecular flexibility index (Phi) is 19.3. The van der Waals surface area contributed by atoms with Gasteiger partial charge in [-0.15, -0.1) is 0 Å². The fourth-order valence-electron chi connectivity index (χ4n) is 3.35. The van der Waals surface area contributed by atoms with Gasteiger partial charge in [0.05, 0.1) is 19.8 Å². The Morgan fingerprint density at radius 1 is 0.700 bits per heavy atom. The third-order valence-corrected chi connectivity index (χ3v) is 5.55. The lowest BCUT2D eigenvalue weighted by Gasteiger charge is -2.33. The fraction of sp³-hybridized carbons (Fsp3) is 1.00. The number of methoxy groups -OCH3 is 1. The van der Waals surface area contributed by atoms with Crippen LogP contribution in [0.4, 0.5) is 0 Å². The number of hydrogen-bond donors (Lipinski definition) is 0. The first kappa shape index (κ1) is 29.8. The highest BCUT2D eigenvalue weighted by Gasteiger charge is 2.32. The van der Waals surface area contributed by atoms with Gasteiger partial charge in [0.1, 0.15) is 0 Å². The predicted octanol–water partition coefficient (Wildman–Crippen LogP) is 4.85. The lowest BCUT2D eigenvalue weighted by molar-refractivity contribution is -0.0412. The normalized spacial score (nSPS) is 14.1. The Bertz CT molecular complexity index is 448. The summed E-state index contributed by atoms with van der Waals surface area (Å²) in [6.07, 6.45) is 12.7. The fourth-order valence-corrected chi connectivity index (χ4v) is 3.74. The van der Waals surface area contributed by atoms with Crippen LogP contribution in [-0.2, 0) is 28.8 Å². The van der Waals surface area contributed by atoms with Gasteiger partial charge in [-0.2, -0.15) is 0 Å². The molecule has 0 saturated heterocycles. The molecule has 0 heterocycles. The highest BCUT2D eigenvalue weighted by Crippen LogP contribution is 2.28. The Balaban J connectivity index is 4.43. The molecular formula is C22H45O7S-. The third-order valence-electron chi connectivity index (χ3n) is 5.15. The highest BCUT2D eigenvalue weighted by molar-refractivity contribution is 7.80. The van der Waals surface area contributed by atoms with Gasteiger partial charge in [-0.1, -0.05) is 65.2 Å². The lowest BCUT2D eigenvalue weighted by Crippen LogP contribution is -2.38. The Labute approximate surface area is 185 Å². The van der Waals surface area contributed by atoms with Crippen LogP contribution >= 0.6 is 0 Å². The molecule has 0 aliphatic rings.